The van der Waals surface area contributed by atoms with E-state index in [2.05, 4.69) is 17.3 Å². The van der Waals surface area contributed by atoms with Crippen LogP contribution in [0.4, 0.5) is 4.79 Å². The van der Waals surface area contributed by atoms with Gasteiger partial charge < -0.3 is 20.2 Å². The molecule has 6 nitrogen and oxygen atoms in total. The second-order valence-electron chi connectivity index (χ2n) is 5.77. The fourth-order valence-corrected chi connectivity index (χ4v) is 3.22. The van der Waals surface area contributed by atoms with Crippen molar-refractivity contribution in [2.45, 2.75) is 24.9 Å². The zero-order valence-corrected chi connectivity index (χ0v) is 10.5. The van der Waals surface area contributed by atoms with Gasteiger partial charge in [-0.3, -0.25) is 4.79 Å². The maximum absolute atomic E-state index is 11.9. The minimum Gasteiger partial charge on any atom is -0.481 e. The standard InChI is InChI=1S/C12H19N3O3/c1-14-3-2-7(5-14)9-6-15(12(18)13-9)10-4-8(10)11(16)17/h7-10H,2-6H2,1H3,(H,13,18)(H,16,17). The smallest absolute Gasteiger partial charge is 0.318 e. The number of likely N-dealkylation sites (tertiary alicyclic amines) is 1. The van der Waals surface area contributed by atoms with E-state index in [0.29, 0.717) is 18.9 Å². The first-order valence-corrected chi connectivity index (χ1v) is 6.54. The van der Waals surface area contributed by atoms with Gasteiger partial charge in [0.1, 0.15) is 0 Å². The highest BCUT2D eigenvalue weighted by atomic mass is 16.4. The number of hydrogen-bond donors (Lipinski definition) is 2. The molecule has 18 heavy (non-hydrogen) atoms. The molecular formula is C12H19N3O3. The van der Waals surface area contributed by atoms with Gasteiger partial charge >= 0.3 is 12.0 Å². The van der Waals surface area contributed by atoms with Crippen LogP contribution in [0, 0.1) is 11.8 Å². The van der Waals surface area contributed by atoms with Crippen LogP contribution in [0.15, 0.2) is 0 Å². The summed E-state index contributed by atoms with van der Waals surface area (Å²) in [6, 6.07) is 0.0347. The van der Waals surface area contributed by atoms with Crippen LogP contribution in [-0.4, -0.2) is 65.7 Å². The number of urea groups is 1. The van der Waals surface area contributed by atoms with Crippen LogP contribution < -0.4 is 5.32 Å². The maximum atomic E-state index is 11.9. The van der Waals surface area contributed by atoms with Crippen molar-refractivity contribution in [2.24, 2.45) is 11.8 Å². The highest BCUT2D eigenvalue weighted by molar-refractivity contribution is 5.81. The molecule has 0 spiro atoms. The largest absolute Gasteiger partial charge is 0.481 e. The van der Waals surface area contributed by atoms with Crippen LogP contribution in [-0.2, 0) is 4.79 Å². The van der Waals surface area contributed by atoms with Crippen molar-refractivity contribution in [1.82, 2.24) is 15.1 Å². The van der Waals surface area contributed by atoms with Crippen LogP contribution >= 0.6 is 0 Å². The normalized spacial score (nSPS) is 40.1. The van der Waals surface area contributed by atoms with E-state index in [1.807, 2.05) is 0 Å². The fourth-order valence-electron chi connectivity index (χ4n) is 3.22. The highest BCUT2D eigenvalue weighted by Gasteiger charge is 2.52. The molecule has 6 heteroatoms. The lowest BCUT2D eigenvalue weighted by Gasteiger charge is -2.18. The molecular weight excluding hydrogens is 234 g/mol. The van der Waals surface area contributed by atoms with Gasteiger partial charge in [-0.15, -0.1) is 0 Å². The number of carbonyl (C=O) groups excluding carboxylic acids is 1. The van der Waals surface area contributed by atoms with Crippen LogP contribution in [0.3, 0.4) is 0 Å². The summed E-state index contributed by atoms with van der Waals surface area (Å²) in [5, 5.41) is 11.9. The number of carboxylic acid groups (broad SMARTS) is 1. The predicted octanol–water partition coefficient (Wildman–Crippen LogP) is -0.195. The highest BCUT2D eigenvalue weighted by Crippen LogP contribution is 2.38. The first-order chi connectivity index (χ1) is 8.56. The Bertz CT molecular complexity index is 387. The Morgan fingerprint density at radius 1 is 1.44 bits per heavy atom. The molecule has 0 aromatic carbocycles. The number of carboxylic acids is 1. The zero-order chi connectivity index (χ0) is 12.9. The molecule has 0 bridgehead atoms. The second-order valence-corrected chi connectivity index (χ2v) is 5.77. The summed E-state index contributed by atoms with van der Waals surface area (Å²) in [5.74, 6) is -0.622. The molecule has 2 N–H and O–H groups in total. The van der Waals surface area contributed by atoms with Crippen molar-refractivity contribution < 1.29 is 14.7 Å². The quantitative estimate of drug-likeness (QED) is 0.731. The minimum absolute atomic E-state index is 0.0772. The van der Waals surface area contributed by atoms with Crippen LogP contribution in [0.1, 0.15) is 12.8 Å². The van der Waals surface area contributed by atoms with E-state index in [1.54, 1.807) is 4.90 Å². The number of nitrogens with zero attached hydrogens (tertiary/aromatic N) is 2. The average Bonchev–Trinajstić information content (AvgIpc) is 2.85. The van der Waals surface area contributed by atoms with Gasteiger partial charge in [-0.1, -0.05) is 0 Å². The Labute approximate surface area is 106 Å². The van der Waals surface area contributed by atoms with Crippen LogP contribution in [0.2, 0.25) is 0 Å². The van der Waals surface area contributed by atoms with E-state index in [9.17, 15) is 9.59 Å². The van der Waals surface area contributed by atoms with Crippen molar-refractivity contribution in [3.63, 3.8) is 0 Å². The average molecular weight is 253 g/mol. The van der Waals surface area contributed by atoms with Gasteiger partial charge in [0.05, 0.1) is 12.0 Å². The number of aliphatic carboxylic acids is 1. The van der Waals surface area contributed by atoms with Crippen LogP contribution in [0.5, 0.6) is 0 Å². The summed E-state index contributed by atoms with van der Waals surface area (Å²) in [7, 11) is 2.09. The van der Waals surface area contributed by atoms with E-state index in [0.717, 1.165) is 19.5 Å². The Balaban J connectivity index is 1.60. The van der Waals surface area contributed by atoms with E-state index in [-0.39, 0.29) is 24.0 Å². The van der Waals surface area contributed by atoms with Crippen molar-refractivity contribution in [1.29, 1.82) is 0 Å². The topological polar surface area (TPSA) is 72.9 Å². The van der Waals surface area contributed by atoms with Crippen LogP contribution in [0.25, 0.3) is 0 Å². The second kappa shape index (κ2) is 4.12. The third kappa shape index (κ3) is 1.94. The van der Waals surface area contributed by atoms with E-state index >= 15 is 0 Å². The summed E-state index contributed by atoms with van der Waals surface area (Å²) < 4.78 is 0. The van der Waals surface area contributed by atoms with Gasteiger partial charge in [-0.25, -0.2) is 4.79 Å². The first kappa shape index (κ1) is 11.8. The van der Waals surface area contributed by atoms with Gasteiger partial charge in [0, 0.05) is 19.1 Å². The number of hydrogen-bond acceptors (Lipinski definition) is 3. The Hall–Kier alpha value is -1.30. The Kier molecular flexibility index (Phi) is 2.69. The third-order valence-electron chi connectivity index (χ3n) is 4.43. The molecule has 4 unspecified atom stereocenters. The predicted molar refractivity (Wildman–Crippen MR) is 64.2 cm³/mol. The number of amides is 2. The van der Waals surface area contributed by atoms with Crippen molar-refractivity contribution in [3.05, 3.63) is 0 Å². The molecule has 3 fully saturated rings. The maximum Gasteiger partial charge on any atom is 0.318 e. The molecule has 1 saturated carbocycles. The van der Waals surface area contributed by atoms with Gasteiger partial charge in [0.25, 0.3) is 0 Å². The summed E-state index contributed by atoms with van der Waals surface area (Å²) in [4.78, 5) is 26.7. The SMILES string of the molecule is CN1CCC(C2CN(C3CC3C(=O)O)C(=O)N2)C1. The van der Waals surface area contributed by atoms with E-state index < -0.39 is 5.97 Å². The summed E-state index contributed by atoms with van der Waals surface area (Å²) in [6.45, 7) is 2.77. The van der Waals surface area contributed by atoms with E-state index in [4.69, 9.17) is 5.11 Å². The summed E-state index contributed by atoms with van der Waals surface area (Å²) in [6.07, 6.45) is 1.72. The molecule has 2 saturated heterocycles. The van der Waals surface area contributed by atoms with Gasteiger partial charge in [0.2, 0.25) is 0 Å². The lowest BCUT2D eigenvalue weighted by molar-refractivity contribution is -0.138. The number of nitrogens with one attached hydrogen (secondary N) is 1. The monoisotopic (exact) mass is 253 g/mol. The Morgan fingerprint density at radius 3 is 2.78 bits per heavy atom. The van der Waals surface area contributed by atoms with Gasteiger partial charge in [0.15, 0.2) is 0 Å². The van der Waals surface area contributed by atoms with Crippen molar-refractivity contribution in [2.75, 3.05) is 26.7 Å². The molecule has 3 rings (SSSR count). The lowest BCUT2D eigenvalue weighted by atomic mass is 10.00. The molecule has 0 radical (unpaired) electrons. The van der Waals surface area contributed by atoms with Crippen molar-refractivity contribution in [3.8, 4) is 0 Å². The molecule has 2 heterocycles. The lowest BCUT2D eigenvalue weighted by Crippen LogP contribution is -2.35. The third-order valence-corrected chi connectivity index (χ3v) is 4.43. The molecule has 100 valence electrons. The fraction of sp³-hybridized carbons (Fsp3) is 0.833. The zero-order valence-electron chi connectivity index (χ0n) is 10.5. The molecule has 3 aliphatic rings. The Morgan fingerprint density at radius 2 is 2.22 bits per heavy atom. The molecule has 4 atom stereocenters. The minimum atomic E-state index is -0.781. The number of carbonyl (C=O) groups is 2. The number of rotatable bonds is 3. The summed E-state index contributed by atoms with van der Waals surface area (Å²) >= 11 is 0. The summed E-state index contributed by atoms with van der Waals surface area (Å²) in [5.41, 5.74) is 0. The van der Waals surface area contributed by atoms with Gasteiger partial charge in [-0.05, 0) is 32.4 Å². The van der Waals surface area contributed by atoms with E-state index in [1.165, 1.54) is 0 Å². The molecule has 2 amide bonds. The molecule has 0 aromatic rings. The first-order valence-electron chi connectivity index (χ1n) is 6.54. The molecule has 2 aliphatic heterocycles. The molecule has 0 aromatic heterocycles. The molecule has 1 aliphatic carbocycles. The van der Waals surface area contributed by atoms with Crippen molar-refractivity contribution >= 4 is 12.0 Å². The van der Waals surface area contributed by atoms with Gasteiger partial charge in [-0.2, -0.15) is 0 Å².